The molecule has 2 saturated carbocycles. The first-order valence-corrected chi connectivity index (χ1v) is 9.03. The quantitative estimate of drug-likeness (QED) is 0.803. The minimum absolute atomic E-state index is 0.591. The van der Waals surface area contributed by atoms with Crippen molar-refractivity contribution in [2.24, 2.45) is 11.8 Å². The van der Waals surface area contributed by atoms with Crippen LogP contribution in [0.15, 0.2) is 24.3 Å². The maximum Gasteiger partial charge on any atom is 0.171 e. The molecule has 0 radical (unpaired) electrons. The van der Waals surface area contributed by atoms with E-state index in [2.05, 4.69) is 53.6 Å². The maximum atomic E-state index is 5.49. The molecule has 0 aliphatic heterocycles. The zero-order valence-corrected chi connectivity index (χ0v) is 14.5. The number of thiocarbonyl (C=S) groups is 1. The van der Waals surface area contributed by atoms with E-state index in [4.69, 9.17) is 12.2 Å². The molecule has 3 rings (SSSR count). The van der Waals surface area contributed by atoms with Crippen LogP contribution in [-0.2, 0) is 0 Å². The Kier molecular flexibility index (Phi) is 4.87. The summed E-state index contributed by atoms with van der Waals surface area (Å²) in [5.41, 5.74) is 2.33. The van der Waals surface area contributed by atoms with Crippen LogP contribution in [0.3, 0.4) is 0 Å². The summed E-state index contributed by atoms with van der Waals surface area (Å²) >= 11 is 5.49. The van der Waals surface area contributed by atoms with Gasteiger partial charge in [0, 0.05) is 30.5 Å². The van der Waals surface area contributed by atoms with Gasteiger partial charge in [0.25, 0.3) is 0 Å². The van der Waals surface area contributed by atoms with E-state index in [1.54, 1.807) is 0 Å². The summed E-state index contributed by atoms with van der Waals surface area (Å²) in [4.78, 5) is 2.34. The van der Waals surface area contributed by atoms with Gasteiger partial charge in [-0.3, -0.25) is 0 Å². The van der Waals surface area contributed by atoms with Crippen LogP contribution in [0.4, 0.5) is 11.4 Å². The van der Waals surface area contributed by atoms with Crippen molar-refractivity contribution in [2.75, 3.05) is 23.3 Å². The van der Waals surface area contributed by atoms with Gasteiger partial charge in [0.1, 0.15) is 0 Å². The largest absolute Gasteiger partial charge is 0.372 e. The van der Waals surface area contributed by atoms with E-state index >= 15 is 0 Å². The number of benzene rings is 1. The first-order valence-electron chi connectivity index (χ1n) is 8.62. The number of anilines is 2. The number of fused-ring (bicyclic) bond motifs is 2. The molecular formula is C18H27N3S. The van der Waals surface area contributed by atoms with E-state index in [1.165, 1.54) is 31.4 Å². The number of nitrogens with one attached hydrogen (secondary N) is 2. The fourth-order valence-electron chi connectivity index (χ4n) is 4.10. The Morgan fingerprint density at radius 3 is 2.41 bits per heavy atom. The molecule has 2 aliphatic carbocycles. The third kappa shape index (κ3) is 3.37. The third-order valence-electron chi connectivity index (χ3n) is 5.31. The number of hydrogen-bond acceptors (Lipinski definition) is 2. The van der Waals surface area contributed by atoms with Crippen molar-refractivity contribution in [2.45, 2.75) is 45.6 Å². The van der Waals surface area contributed by atoms with Crippen LogP contribution in [0.1, 0.15) is 39.5 Å². The summed E-state index contributed by atoms with van der Waals surface area (Å²) in [7, 11) is 0. The summed E-state index contributed by atoms with van der Waals surface area (Å²) in [6.07, 6.45) is 5.51. The molecule has 2 bridgehead atoms. The van der Waals surface area contributed by atoms with Crippen molar-refractivity contribution in [3.05, 3.63) is 24.3 Å². The third-order valence-corrected chi connectivity index (χ3v) is 5.53. The van der Waals surface area contributed by atoms with Crippen molar-refractivity contribution in [3.63, 3.8) is 0 Å². The van der Waals surface area contributed by atoms with Gasteiger partial charge in [-0.15, -0.1) is 0 Å². The molecule has 0 heterocycles. The van der Waals surface area contributed by atoms with E-state index in [0.717, 1.165) is 35.7 Å². The van der Waals surface area contributed by atoms with E-state index in [0.29, 0.717) is 6.04 Å². The van der Waals surface area contributed by atoms with Gasteiger partial charge in [-0.25, -0.2) is 0 Å². The highest BCUT2D eigenvalue weighted by atomic mass is 32.1. The maximum absolute atomic E-state index is 5.49. The van der Waals surface area contributed by atoms with Gasteiger partial charge < -0.3 is 15.5 Å². The van der Waals surface area contributed by atoms with Gasteiger partial charge in [0.15, 0.2) is 5.11 Å². The van der Waals surface area contributed by atoms with Crippen molar-refractivity contribution in [1.82, 2.24) is 5.32 Å². The smallest absolute Gasteiger partial charge is 0.171 e. The number of hydrogen-bond donors (Lipinski definition) is 2. The average Bonchev–Trinajstić information content (AvgIpc) is 3.12. The van der Waals surface area contributed by atoms with Crippen LogP contribution >= 0.6 is 12.2 Å². The molecule has 1 aromatic rings. The van der Waals surface area contributed by atoms with Crippen LogP contribution in [0.5, 0.6) is 0 Å². The van der Waals surface area contributed by atoms with Gasteiger partial charge in [-0.2, -0.15) is 0 Å². The molecule has 4 heteroatoms. The monoisotopic (exact) mass is 317 g/mol. The van der Waals surface area contributed by atoms with Crippen molar-refractivity contribution < 1.29 is 0 Å². The number of nitrogens with zero attached hydrogens (tertiary/aromatic N) is 1. The van der Waals surface area contributed by atoms with E-state index in [1.807, 2.05) is 0 Å². The van der Waals surface area contributed by atoms with E-state index in [9.17, 15) is 0 Å². The zero-order chi connectivity index (χ0) is 15.5. The Bertz CT molecular complexity index is 510. The molecule has 2 fully saturated rings. The lowest BCUT2D eigenvalue weighted by atomic mass is 9.96. The molecule has 1 aromatic carbocycles. The first kappa shape index (κ1) is 15.6. The summed E-state index contributed by atoms with van der Waals surface area (Å²) in [5, 5.41) is 7.63. The lowest BCUT2D eigenvalue weighted by Gasteiger charge is -2.25. The topological polar surface area (TPSA) is 27.3 Å². The summed E-state index contributed by atoms with van der Waals surface area (Å²) in [6.45, 7) is 6.44. The minimum Gasteiger partial charge on any atom is -0.372 e. The molecule has 3 nitrogen and oxygen atoms in total. The van der Waals surface area contributed by atoms with Gasteiger partial charge in [0.2, 0.25) is 0 Å². The average molecular weight is 318 g/mol. The lowest BCUT2D eigenvalue weighted by molar-refractivity contribution is 0.392. The Labute approximate surface area is 139 Å². The molecular weight excluding hydrogens is 290 g/mol. The fourth-order valence-corrected chi connectivity index (χ4v) is 4.37. The fraction of sp³-hybridized carbons (Fsp3) is 0.611. The second-order valence-electron chi connectivity index (χ2n) is 6.60. The SMILES string of the molecule is CCN(CC)c1ccc(NC(=S)N[C@H]2C[C@@H]3CC[C@@H]2C3)cc1. The highest BCUT2D eigenvalue weighted by Gasteiger charge is 2.39. The molecule has 120 valence electrons. The lowest BCUT2D eigenvalue weighted by Crippen LogP contribution is -2.40. The summed E-state index contributed by atoms with van der Waals surface area (Å²) in [5.74, 6) is 1.79. The summed E-state index contributed by atoms with van der Waals surface area (Å²) in [6, 6.07) is 9.14. The van der Waals surface area contributed by atoms with Gasteiger partial charge >= 0.3 is 0 Å². The van der Waals surface area contributed by atoms with Crippen molar-refractivity contribution >= 4 is 28.7 Å². The van der Waals surface area contributed by atoms with Crippen LogP contribution in [0.2, 0.25) is 0 Å². The van der Waals surface area contributed by atoms with Gasteiger partial charge in [0.05, 0.1) is 0 Å². The van der Waals surface area contributed by atoms with Crippen LogP contribution in [-0.4, -0.2) is 24.2 Å². The van der Waals surface area contributed by atoms with E-state index < -0.39 is 0 Å². The highest BCUT2D eigenvalue weighted by Crippen LogP contribution is 2.44. The molecule has 2 aliphatic rings. The summed E-state index contributed by atoms with van der Waals surface area (Å²) < 4.78 is 0. The Morgan fingerprint density at radius 1 is 1.14 bits per heavy atom. The number of rotatable bonds is 5. The predicted octanol–water partition coefficient (Wildman–Crippen LogP) is 4.01. The molecule has 2 N–H and O–H groups in total. The predicted molar refractivity (Wildman–Crippen MR) is 98.6 cm³/mol. The first-order chi connectivity index (χ1) is 10.7. The van der Waals surface area contributed by atoms with Crippen molar-refractivity contribution in [1.29, 1.82) is 0 Å². The molecule has 0 unspecified atom stereocenters. The molecule has 3 atom stereocenters. The second kappa shape index (κ2) is 6.86. The molecule has 0 amide bonds. The van der Waals surface area contributed by atoms with Crippen molar-refractivity contribution in [3.8, 4) is 0 Å². The Hall–Kier alpha value is -1.29. The molecule has 0 spiro atoms. The van der Waals surface area contributed by atoms with Gasteiger partial charge in [-0.1, -0.05) is 6.42 Å². The minimum atomic E-state index is 0.591. The van der Waals surface area contributed by atoms with Gasteiger partial charge in [-0.05, 0) is 81.4 Å². The Balaban J connectivity index is 1.53. The highest BCUT2D eigenvalue weighted by molar-refractivity contribution is 7.80. The second-order valence-corrected chi connectivity index (χ2v) is 7.01. The molecule has 22 heavy (non-hydrogen) atoms. The van der Waals surface area contributed by atoms with Crippen LogP contribution in [0.25, 0.3) is 0 Å². The Morgan fingerprint density at radius 2 is 1.86 bits per heavy atom. The molecule has 0 aromatic heterocycles. The molecule has 0 saturated heterocycles. The standard InChI is InChI=1S/C18H27N3S/c1-3-21(4-2)16-9-7-15(8-10-16)19-18(22)20-17-12-13-5-6-14(17)11-13/h7-10,13-14,17H,3-6,11-12H2,1-2H3,(H2,19,20,22)/t13-,14-,17+/m1/s1. The van der Waals surface area contributed by atoms with Crippen LogP contribution < -0.4 is 15.5 Å². The van der Waals surface area contributed by atoms with Crippen LogP contribution in [0, 0.1) is 11.8 Å². The van der Waals surface area contributed by atoms with E-state index in [-0.39, 0.29) is 0 Å². The normalized spacial score (nSPS) is 26.0. The zero-order valence-electron chi connectivity index (χ0n) is 13.6.